The number of carbonyl (C=O) groups excluding carboxylic acids is 2. The van der Waals surface area contributed by atoms with Crippen LogP contribution < -0.4 is 16.4 Å². The summed E-state index contributed by atoms with van der Waals surface area (Å²) in [5.74, 6) is -0.417. The third kappa shape index (κ3) is 5.30. The van der Waals surface area contributed by atoms with Gasteiger partial charge in [0, 0.05) is 11.9 Å². The molecule has 6 nitrogen and oxygen atoms in total. The van der Waals surface area contributed by atoms with Gasteiger partial charge in [-0.25, -0.2) is 4.98 Å². The molecule has 0 saturated carbocycles. The number of hydrogen-bond donors (Lipinski definition) is 3. The monoisotopic (exact) mass is 256 g/mol. The predicted molar refractivity (Wildman–Crippen MR) is 66.5 cm³/mol. The van der Waals surface area contributed by atoms with Gasteiger partial charge in [0.25, 0.3) is 0 Å². The molecule has 0 radical (unpaired) electrons. The molecule has 4 N–H and O–H groups in total. The van der Waals surface area contributed by atoms with Crippen molar-refractivity contribution in [3.05, 3.63) is 11.1 Å². The Hall–Kier alpha value is -1.63. The first-order valence-electron chi connectivity index (χ1n) is 5.35. The van der Waals surface area contributed by atoms with Crippen molar-refractivity contribution in [3.8, 4) is 0 Å². The maximum atomic E-state index is 11.4. The summed E-state index contributed by atoms with van der Waals surface area (Å²) in [5, 5.41) is 7.36. The molecule has 1 aromatic rings. The van der Waals surface area contributed by atoms with Crippen molar-refractivity contribution in [2.75, 3.05) is 18.8 Å². The minimum absolute atomic E-state index is 0.00154. The molecule has 0 saturated heterocycles. The van der Waals surface area contributed by atoms with Gasteiger partial charge in [-0.2, -0.15) is 0 Å². The van der Waals surface area contributed by atoms with Crippen LogP contribution in [0.25, 0.3) is 0 Å². The molecule has 1 rings (SSSR count). The molecule has 1 aromatic heterocycles. The van der Waals surface area contributed by atoms with Gasteiger partial charge >= 0.3 is 0 Å². The van der Waals surface area contributed by atoms with E-state index >= 15 is 0 Å². The second-order valence-corrected chi connectivity index (χ2v) is 4.37. The zero-order chi connectivity index (χ0) is 12.7. The Kier molecular flexibility index (Phi) is 5.41. The van der Waals surface area contributed by atoms with E-state index in [0.29, 0.717) is 17.4 Å². The third-order valence-electron chi connectivity index (χ3n) is 1.93. The highest BCUT2D eigenvalue weighted by molar-refractivity contribution is 7.13. The first kappa shape index (κ1) is 13.4. The van der Waals surface area contributed by atoms with Gasteiger partial charge in [-0.05, 0) is 6.42 Å². The van der Waals surface area contributed by atoms with Gasteiger partial charge in [0.1, 0.15) is 0 Å². The van der Waals surface area contributed by atoms with Crippen LogP contribution in [0, 0.1) is 0 Å². The maximum absolute atomic E-state index is 11.4. The molecule has 0 aliphatic rings. The Bertz CT molecular complexity index is 391. The van der Waals surface area contributed by atoms with Crippen molar-refractivity contribution in [2.45, 2.75) is 19.8 Å². The van der Waals surface area contributed by atoms with Gasteiger partial charge in [-0.3, -0.25) is 9.59 Å². The number of nitrogen functional groups attached to an aromatic ring is 1. The lowest BCUT2D eigenvalue weighted by atomic mass is 10.3. The molecule has 0 spiro atoms. The highest BCUT2D eigenvalue weighted by Gasteiger charge is 2.08. The predicted octanol–water partition coefficient (Wildman–Crippen LogP) is -0.0898. The molecule has 94 valence electrons. The second kappa shape index (κ2) is 6.85. The lowest BCUT2D eigenvalue weighted by Crippen LogP contribution is -2.37. The SMILES string of the molecule is CCCNC(=O)CNC(=O)Cc1csc(N)n1. The summed E-state index contributed by atoms with van der Waals surface area (Å²) in [6.07, 6.45) is 1.02. The van der Waals surface area contributed by atoms with Crippen LogP contribution >= 0.6 is 11.3 Å². The van der Waals surface area contributed by atoms with Crippen LogP contribution in [0.4, 0.5) is 5.13 Å². The number of thiazole rings is 1. The summed E-state index contributed by atoms with van der Waals surface area (Å²) in [5.41, 5.74) is 6.07. The smallest absolute Gasteiger partial charge is 0.239 e. The van der Waals surface area contributed by atoms with Crippen LogP contribution in [0.3, 0.4) is 0 Å². The lowest BCUT2D eigenvalue weighted by molar-refractivity contribution is -0.125. The molecule has 1 heterocycles. The number of rotatable bonds is 6. The maximum Gasteiger partial charge on any atom is 0.239 e. The number of anilines is 1. The van der Waals surface area contributed by atoms with E-state index in [0.717, 1.165) is 6.42 Å². The first-order valence-corrected chi connectivity index (χ1v) is 6.23. The Morgan fingerprint density at radius 2 is 2.18 bits per heavy atom. The van der Waals surface area contributed by atoms with Crippen molar-refractivity contribution >= 4 is 28.3 Å². The summed E-state index contributed by atoms with van der Waals surface area (Å²) in [6, 6.07) is 0. The minimum atomic E-state index is -0.234. The van der Waals surface area contributed by atoms with Gasteiger partial charge in [0.05, 0.1) is 18.7 Å². The molecule has 0 atom stereocenters. The van der Waals surface area contributed by atoms with Crippen LogP contribution in [0.15, 0.2) is 5.38 Å². The molecule has 7 heteroatoms. The van der Waals surface area contributed by atoms with Gasteiger partial charge in [-0.15, -0.1) is 11.3 Å². The van der Waals surface area contributed by atoms with E-state index in [1.807, 2.05) is 6.92 Å². The Morgan fingerprint density at radius 1 is 1.41 bits per heavy atom. The van der Waals surface area contributed by atoms with Crippen molar-refractivity contribution < 1.29 is 9.59 Å². The van der Waals surface area contributed by atoms with Crippen molar-refractivity contribution in [1.82, 2.24) is 15.6 Å². The highest BCUT2D eigenvalue weighted by Crippen LogP contribution is 2.10. The zero-order valence-corrected chi connectivity index (χ0v) is 10.5. The van der Waals surface area contributed by atoms with E-state index in [1.165, 1.54) is 11.3 Å². The fourth-order valence-corrected chi connectivity index (χ4v) is 1.70. The van der Waals surface area contributed by atoms with E-state index in [9.17, 15) is 9.59 Å². The fraction of sp³-hybridized carbons (Fsp3) is 0.500. The van der Waals surface area contributed by atoms with Crippen molar-refractivity contribution in [2.24, 2.45) is 0 Å². The minimum Gasteiger partial charge on any atom is -0.375 e. The second-order valence-electron chi connectivity index (χ2n) is 3.48. The topological polar surface area (TPSA) is 97.1 Å². The molecule has 0 aliphatic carbocycles. The number of amides is 2. The van der Waals surface area contributed by atoms with Crippen molar-refractivity contribution in [1.29, 1.82) is 0 Å². The summed E-state index contributed by atoms with van der Waals surface area (Å²) in [6.45, 7) is 2.58. The molecule has 0 fully saturated rings. The molecule has 0 unspecified atom stereocenters. The number of nitrogens with zero attached hydrogens (tertiary/aromatic N) is 1. The average Bonchev–Trinajstić information content (AvgIpc) is 2.69. The lowest BCUT2D eigenvalue weighted by Gasteiger charge is -2.04. The molecule has 0 aromatic carbocycles. The Morgan fingerprint density at radius 3 is 2.76 bits per heavy atom. The summed E-state index contributed by atoms with van der Waals surface area (Å²) >= 11 is 1.29. The highest BCUT2D eigenvalue weighted by atomic mass is 32.1. The van der Waals surface area contributed by atoms with E-state index in [1.54, 1.807) is 5.38 Å². The van der Waals surface area contributed by atoms with Gasteiger partial charge in [0.15, 0.2) is 5.13 Å². The van der Waals surface area contributed by atoms with Crippen LogP contribution in [-0.2, 0) is 16.0 Å². The van der Waals surface area contributed by atoms with Crippen LogP contribution in [0.1, 0.15) is 19.0 Å². The standard InChI is InChI=1S/C10H16N4O2S/c1-2-3-12-9(16)5-13-8(15)4-7-6-17-10(11)14-7/h6H,2-5H2,1H3,(H2,11,14)(H,12,16)(H,13,15). The number of nitrogens with two attached hydrogens (primary N) is 1. The Balaban J connectivity index is 2.23. The zero-order valence-electron chi connectivity index (χ0n) is 9.66. The fourth-order valence-electron chi connectivity index (χ4n) is 1.14. The number of carbonyl (C=O) groups is 2. The average molecular weight is 256 g/mol. The van der Waals surface area contributed by atoms with Crippen molar-refractivity contribution in [3.63, 3.8) is 0 Å². The number of hydrogen-bond acceptors (Lipinski definition) is 5. The molecule has 17 heavy (non-hydrogen) atoms. The van der Waals surface area contributed by atoms with E-state index < -0.39 is 0 Å². The van der Waals surface area contributed by atoms with Gasteiger partial charge in [0.2, 0.25) is 11.8 Å². The molecule has 2 amide bonds. The largest absolute Gasteiger partial charge is 0.375 e. The molecular formula is C10H16N4O2S. The van der Waals surface area contributed by atoms with Crippen LogP contribution in [0.5, 0.6) is 0 Å². The van der Waals surface area contributed by atoms with E-state index in [-0.39, 0.29) is 24.8 Å². The summed E-state index contributed by atoms with van der Waals surface area (Å²) in [7, 11) is 0. The summed E-state index contributed by atoms with van der Waals surface area (Å²) < 4.78 is 0. The van der Waals surface area contributed by atoms with Gasteiger partial charge in [-0.1, -0.05) is 6.92 Å². The van der Waals surface area contributed by atoms with Crippen LogP contribution in [-0.4, -0.2) is 29.9 Å². The summed E-state index contributed by atoms with van der Waals surface area (Å²) in [4.78, 5) is 26.6. The Labute approximate surface area is 104 Å². The van der Waals surface area contributed by atoms with Gasteiger partial charge < -0.3 is 16.4 Å². The third-order valence-corrected chi connectivity index (χ3v) is 2.65. The quantitative estimate of drug-likeness (QED) is 0.662. The van der Waals surface area contributed by atoms with E-state index in [4.69, 9.17) is 5.73 Å². The number of nitrogens with one attached hydrogen (secondary N) is 2. The molecule has 0 aliphatic heterocycles. The first-order chi connectivity index (χ1) is 8.11. The van der Waals surface area contributed by atoms with E-state index in [2.05, 4.69) is 15.6 Å². The molecule has 0 bridgehead atoms. The normalized spacial score (nSPS) is 9.94. The number of aromatic nitrogens is 1. The molecular weight excluding hydrogens is 240 g/mol. The van der Waals surface area contributed by atoms with Crippen LogP contribution in [0.2, 0.25) is 0 Å².